The zero-order valence-corrected chi connectivity index (χ0v) is 14.0. The second-order valence-electron chi connectivity index (χ2n) is 5.65. The van der Waals surface area contributed by atoms with Crippen LogP contribution in [0.15, 0.2) is 53.7 Å². The topological polar surface area (TPSA) is 42.4 Å². The molecule has 1 aliphatic heterocycles. The second-order valence-corrected chi connectivity index (χ2v) is 6.70. The van der Waals surface area contributed by atoms with Crippen LogP contribution < -0.4 is 4.74 Å². The van der Waals surface area contributed by atoms with Crippen molar-refractivity contribution >= 4 is 17.7 Å². The summed E-state index contributed by atoms with van der Waals surface area (Å²) in [5.74, 6) is 0.961. The van der Waals surface area contributed by atoms with Crippen LogP contribution in [0.1, 0.15) is 12.8 Å². The third-order valence-electron chi connectivity index (χ3n) is 3.86. The Morgan fingerprint density at radius 3 is 2.75 bits per heavy atom. The van der Waals surface area contributed by atoms with E-state index in [2.05, 4.69) is 4.98 Å². The van der Waals surface area contributed by atoms with Gasteiger partial charge in [-0.3, -0.25) is 9.78 Å². The lowest BCUT2D eigenvalue weighted by Gasteiger charge is -2.33. The van der Waals surface area contributed by atoms with Crippen LogP contribution in [0, 0.1) is 5.82 Å². The number of pyridine rings is 1. The SMILES string of the molecule is O=C(CSc1ccc(F)cc1)N1CCCC(Oc2ccncc2)C1. The Bertz CT molecular complexity index is 666. The van der Waals surface area contributed by atoms with Gasteiger partial charge in [-0.25, -0.2) is 4.39 Å². The highest BCUT2D eigenvalue weighted by Gasteiger charge is 2.24. The van der Waals surface area contributed by atoms with Gasteiger partial charge < -0.3 is 9.64 Å². The van der Waals surface area contributed by atoms with Gasteiger partial charge in [0.2, 0.25) is 5.91 Å². The fourth-order valence-corrected chi connectivity index (χ4v) is 3.44. The first-order valence-electron chi connectivity index (χ1n) is 7.93. The highest BCUT2D eigenvalue weighted by atomic mass is 32.2. The number of benzene rings is 1. The summed E-state index contributed by atoms with van der Waals surface area (Å²) < 4.78 is 18.8. The summed E-state index contributed by atoms with van der Waals surface area (Å²) >= 11 is 1.43. The molecule has 1 aromatic carbocycles. The third-order valence-corrected chi connectivity index (χ3v) is 4.86. The van der Waals surface area contributed by atoms with Crippen molar-refractivity contribution in [3.63, 3.8) is 0 Å². The van der Waals surface area contributed by atoms with Gasteiger partial charge in [-0.05, 0) is 49.2 Å². The molecule has 4 nitrogen and oxygen atoms in total. The van der Waals surface area contributed by atoms with Crippen LogP contribution in [0.3, 0.4) is 0 Å². The van der Waals surface area contributed by atoms with E-state index in [1.807, 2.05) is 17.0 Å². The molecule has 0 saturated carbocycles. The molecule has 0 N–H and O–H groups in total. The molecule has 2 heterocycles. The fourth-order valence-electron chi connectivity index (χ4n) is 2.64. The first-order chi connectivity index (χ1) is 11.7. The predicted molar refractivity (Wildman–Crippen MR) is 91.6 cm³/mol. The number of halogens is 1. The van der Waals surface area contributed by atoms with E-state index >= 15 is 0 Å². The van der Waals surface area contributed by atoms with E-state index in [1.165, 1.54) is 23.9 Å². The van der Waals surface area contributed by atoms with Gasteiger partial charge in [0, 0.05) is 23.8 Å². The van der Waals surface area contributed by atoms with Crippen molar-refractivity contribution in [1.29, 1.82) is 0 Å². The molecule has 0 bridgehead atoms. The standard InChI is InChI=1S/C18H19FN2O2S/c19-14-3-5-17(6-4-14)24-13-18(22)21-11-1-2-16(12-21)23-15-7-9-20-10-8-15/h3-10,16H,1-2,11-13H2. The molecular weight excluding hydrogens is 327 g/mol. The number of nitrogens with zero attached hydrogens (tertiary/aromatic N) is 2. The summed E-state index contributed by atoms with van der Waals surface area (Å²) in [6, 6.07) is 9.85. The first-order valence-corrected chi connectivity index (χ1v) is 8.92. The van der Waals surface area contributed by atoms with Crippen molar-refractivity contribution in [2.24, 2.45) is 0 Å². The lowest BCUT2D eigenvalue weighted by atomic mass is 10.1. The molecule has 24 heavy (non-hydrogen) atoms. The summed E-state index contributed by atoms with van der Waals surface area (Å²) in [6.45, 7) is 1.37. The van der Waals surface area contributed by atoms with Crippen LogP contribution in [0.2, 0.25) is 0 Å². The molecule has 1 fully saturated rings. The number of hydrogen-bond donors (Lipinski definition) is 0. The largest absolute Gasteiger partial charge is 0.488 e. The van der Waals surface area contributed by atoms with Gasteiger partial charge in [-0.2, -0.15) is 0 Å². The minimum Gasteiger partial charge on any atom is -0.488 e. The van der Waals surface area contributed by atoms with Crippen LogP contribution in [0.5, 0.6) is 5.75 Å². The summed E-state index contributed by atoms with van der Waals surface area (Å²) in [6.07, 6.45) is 5.28. The van der Waals surface area contributed by atoms with Crippen LogP contribution >= 0.6 is 11.8 Å². The Labute approximate surface area is 145 Å². The van der Waals surface area contributed by atoms with Gasteiger partial charge in [0.15, 0.2) is 0 Å². The van der Waals surface area contributed by atoms with Gasteiger partial charge >= 0.3 is 0 Å². The molecular formula is C18H19FN2O2S. The Balaban J connectivity index is 1.50. The molecule has 0 spiro atoms. The number of aromatic nitrogens is 1. The van der Waals surface area contributed by atoms with Gasteiger partial charge in [0.05, 0.1) is 12.3 Å². The maximum Gasteiger partial charge on any atom is 0.233 e. The zero-order valence-electron chi connectivity index (χ0n) is 13.2. The van der Waals surface area contributed by atoms with Crippen LogP contribution in [-0.4, -0.2) is 40.7 Å². The molecule has 1 aliphatic rings. The highest BCUT2D eigenvalue weighted by Crippen LogP contribution is 2.21. The average Bonchev–Trinajstić information content (AvgIpc) is 2.62. The average molecular weight is 346 g/mol. The Morgan fingerprint density at radius 1 is 1.25 bits per heavy atom. The Hall–Kier alpha value is -2.08. The van der Waals surface area contributed by atoms with Crippen molar-refractivity contribution < 1.29 is 13.9 Å². The molecule has 0 aliphatic carbocycles. The second kappa shape index (κ2) is 8.15. The zero-order chi connectivity index (χ0) is 16.8. The molecule has 2 aromatic rings. The van der Waals surface area contributed by atoms with Gasteiger partial charge in [-0.1, -0.05) is 0 Å². The van der Waals surface area contributed by atoms with E-state index < -0.39 is 0 Å². The van der Waals surface area contributed by atoms with Crippen LogP contribution in [0.25, 0.3) is 0 Å². The van der Waals surface area contributed by atoms with E-state index in [-0.39, 0.29) is 17.8 Å². The Kier molecular flexibility index (Phi) is 5.69. The number of amides is 1. The number of carbonyl (C=O) groups is 1. The van der Waals surface area contributed by atoms with Crippen molar-refractivity contribution in [3.05, 3.63) is 54.6 Å². The maximum atomic E-state index is 12.9. The van der Waals surface area contributed by atoms with Crippen molar-refractivity contribution in [2.45, 2.75) is 23.8 Å². The molecule has 6 heteroatoms. The van der Waals surface area contributed by atoms with Gasteiger partial charge in [0.25, 0.3) is 0 Å². The quantitative estimate of drug-likeness (QED) is 0.779. The van der Waals surface area contributed by atoms with Crippen LogP contribution in [0.4, 0.5) is 4.39 Å². The summed E-state index contributed by atoms with van der Waals surface area (Å²) in [7, 11) is 0. The van der Waals surface area contributed by atoms with Gasteiger partial charge in [-0.15, -0.1) is 11.8 Å². The number of thioether (sulfide) groups is 1. The molecule has 126 valence electrons. The third kappa shape index (κ3) is 4.71. The first kappa shape index (κ1) is 16.8. The number of carbonyl (C=O) groups excluding carboxylic acids is 1. The smallest absolute Gasteiger partial charge is 0.233 e. The minimum absolute atomic E-state index is 0.0147. The summed E-state index contributed by atoms with van der Waals surface area (Å²) in [5, 5.41) is 0. The molecule has 3 rings (SSSR count). The molecule has 0 radical (unpaired) electrons. The van der Waals surface area contributed by atoms with E-state index in [4.69, 9.17) is 4.74 Å². The summed E-state index contributed by atoms with van der Waals surface area (Å²) in [5.41, 5.74) is 0. The normalized spacial score (nSPS) is 17.5. The maximum absolute atomic E-state index is 12.9. The van der Waals surface area contributed by atoms with E-state index in [0.29, 0.717) is 12.3 Å². The summed E-state index contributed by atoms with van der Waals surface area (Å²) in [4.78, 5) is 19.1. The van der Waals surface area contributed by atoms with Crippen molar-refractivity contribution in [2.75, 3.05) is 18.8 Å². The molecule has 1 unspecified atom stereocenters. The van der Waals surface area contributed by atoms with Crippen molar-refractivity contribution in [3.8, 4) is 5.75 Å². The van der Waals surface area contributed by atoms with Crippen molar-refractivity contribution in [1.82, 2.24) is 9.88 Å². The van der Waals surface area contributed by atoms with Crippen LogP contribution in [-0.2, 0) is 4.79 Å². The number of rotatable bonds is 5. The monoisotopic (exact) mass is 346 g/mol. The van der Waals surface area contributed by atoms with Gasteiger partial charge in [0.1, 0.15) is 17.7 Å². The molecule has 1 aromatic heterocycles. The molecule has 1 saturated heterocycles. The predicted octanol–water partition coefficient (Wildman–Crippen LogP) is 3.38. The number of ether oxygens (including phenoxy) is 1. The highest BCUT2D eigenvalue weighted by molar-refractivity contribution is 8.00. The number of likely N-dealkylation sites (tertiary alicyclic amines) is 1. The van der Waals surface area contributed by atoms with E-state index in [9.17, 15) is 9.18 Å². The van der Waals surface area contributed by atoms with E-state index in [0.717, 1.165) is 30.0 Å². The Morgan fingerprint density at radius 2 is 2.00 bits per heavy atom. The lowest BCUT2D eigenvalue weighted by Crippen LogP contribution is -2.45. The van der Waals surface area contributed by atoms with E-state index in [1.54, 1.807) is 24.5 Å². The lowest BCUT2D eigenvalue weighted by molar-refractivity contribution is -0.130. The number of hydrogen-bond acceptors (Lipinski definition) is 4. The fraction of sp³-hybridized carbons (Fsp3) is 0.333. The minimum atomic E-state index is -0.266. The number of piperidine rings is 1. The molecule has 1 atom stereocenters. The molecule has 1 amide bonds.